The fourth-order valence-corrected chi connectivity index (χ4v) is 2.21. The average molecular weight is 282 g/mol. The van der Waals surface area contributed by atoms with Gasteiger partial charge in [0, 0.05) is 0 Å². The van der Waals surface area contributed by atoms with Gasteiger partial charge in [-0.15, -0.1) is 0 Å². The van der Waals surface area contributed by atoms with Gasteiger partial charge in [0.25, 0.3) is 0 Å². The molecule has 0 saturated carbocycles. The molecule has 0 spiro atoms. The highest BCUT2D eigenvalue weighted by Gasteiger charge is 1.93. The van der Waals surface area contributed by atoms with Crippen LogP contribution >= 0.6 is 12.6 Å². The van der Waals surface area contributed by atoms with Gasteiger partial charge in [0.1, 0.15) is 0 Å². The third kappa shape index (κ3) is 19.1. The molecular weight excluding hydrogens is 250 g/mol. The normalized spacial score (nSPS) is 10.2. The van der Waals surface area contributed by atoms with Crippen molar-refractivity contribution < 1.29 is 17.7 Å². The zero-order valence-electron chi connectivity index (χ0n) is 11.6. The summed E-state index contributed by atoms with van der Waals surface area (Å²) in [5, 5.41) is 2.46. The van der Waals surface area contributed by atoms with Crippen molar-refractivity contribution in [1.29, 1.82) is 0 Å². The molecule has 0 unspecified atom stereocenters. The first-order valence-corrected chi connectivity index (χ1v) is 7.97. The van der Waals surface area contributed by atoms with Gasteiger partial charge in [-0.1, -0.05) is 45.4 Å². The Hall–Kier alpha value is 0.600. The van der Waals surface area contributed by atoms with Crippen LogP contribution in [0.4, 0.5) is 0 Å². The minimum Gasteiger partial charge on any atom is -1.00 e. The maximum Gasteiger partial charge on any atom is 0.0755 e. The largest absolute Gasteiger partial charge is 1.00 e. The molecule has 0 radical (unpaired) electrons. The maximum atomic E-state index is 4.22. The summed E-state index contributed by atoms with van der Waals surface area (Å²) in [4.78, 5) is 0. The number of hydrogen-bond acceptors (Lipinski definition) is 1. The molecule has 0 aliphatic rings. The standard InChI is InChI=1S/C14H31NS.ClH/c1-2-12-15-13-10-8-6-4-3-5-7-9-11-14-16;/h15-16H,2-14H2,1H3;1H. The molecule has 0 rings (SSSR count). The lowest BCUT2D eigenvalue weighted by Gasteiger charge is -2.02. The highest BCUT2D eigenvalue weighted by molar-refractivity contribution is 7.80. The number of thiol groups is 1. The van der Waals surface area contributed by atoms with E-state index in [4.69, 9.17) is 0 Å². The quantitative estimate of drug-likeness (QED) is 0.359. The van der Waals surface area contributed by atoms with Crippen molar-refractivity contribution in [2.75, 3.05) is 18.8 Å². The van der Waals surface area contributed by atoms with E-state index in [1.165, 1.54) is 77.3 Å². The fraction of sp³-hybridized carbons (Fsp3) is 1.00. The van der Waals surface area contributed by atoms with Crippen LogP contribution in [-0.2, 0) is 0 Å². The lowest BCUT2D eigenvalue weighted by molar-refractivity contribution is -0.655. The van der Waals surface area contributed by atoms with E-state index < -0.39 is 0 Å². The van der Waals surface area contributed by atoms with E-state index in [1.807, 2.05) is 0 Å². The van der Waals surface area contributed by atoms with Gasteiger partial charge < -0.3 is 17.7 Å². The van der Waals surface area contributed by atoms with Crippen molar-refractivity contribution in [3.05, 3.63) is 0 Å². The molecule has 0 amide bonds. The van der Waals surface area contributed by atoms with Crippen molar-refractivity contribution in [1.82, 2.24) is 0 Å². The summed E-state index contributed by atoms with van der Waals surface area (Å²) in [6, 6.07) is 0. The highest BCUT2D eigenvalue weighted by atomic mass is 35.5. The van der Waals surface area contributed by atoms with Gasteiger partial charge in [0.2, 0.25) is 0 Å². The minimum absolute atomic E-state index is 0. The van der Waals surface area contributed by atoms with Gasteiger partial charge in [-0.3, -0.25) is 0 Å². The molecule has 0 aromatic rings. The van der Waals surface area contributed by atoms with Crippen LogP contribution in [0.3, 0.4) is 0 Å². The molecule has 0 aromatic heterocycles. The molecule has 3 heteroatoms. The molecule has 0 atom stereocenters. The topological polar surface area (TPSA) is 16.6 Å². The zero-order valence-corrected chi connectivity index (χ0v) is 13.2. The number of nitrogens with two attached hydrogens (primary N) is 1. The van der Waals surface area contributed by atoms with Crippen LogP contribution in [0.5, 0.6) is 0 Å². The predicted octanol–water partition coefficient (Wildman–Crippen LogP) is 0.405. The second kappa shape index (κ2) is 19.0. The number of halogens is 1. The number of rotatable bonds is 13. The summed E-state index contributed by atoms with van der Waals surface area (Å²) in [7, 11) is 0. The van der Waals surface area contributed by atoms with E-state index >= 15 is 0 Å². The summed E-state index contributed by atoms with van der Waals surface area (Å²) in [5.74, 6) is 1.06. The van der Waals surface area contributed by atoms with E-state index in [2.05, 4.69) is 24.9 Å². The van der Waals surface area contributed by atoms with Crippen LogP contribution in [0.15, 0.2) is 0 Å². The summed E-state index contributed by atoms with van der Waals surface area (Å²) in [6.45, 7) is 4.91. The van der Waals surface area contributed by atoms with Gasteiger partial charge in [-0.05, 0) is 31.4 Å². The van der Waals surface area contributed by atoms with Crippen molar-refractivity contribution in [3.63, 3.8) is 0 Å². The maximum absolute atomic E-state index is 4.22. The third-order valence-corrected chi connectivity index (χ3v) is 3.38. The summed E-state index contributed by atoms with van der Waals surface area (Å²) in [6.07, 6.45) is 14.1. The molecule has 0 aliphatic carbocycles. The molecule has 0 heterocycles. The Kier molecular flexibility index (Phi) is 22.2. The molecule has 106 valence electrons. The predicted molar refractivity (Wildman–Crippen MR) is 77.4 cm³/mol. The smallest absolute Gasteiger partial charge is 0.0755 e. The molecule has 0 aromatic carbocycles. The Morgan fingerprint density at radius 3 is 1.65 bits per heavy atom. The summed E-state index contributed by atoms with van der Waals surface area (Å²) >= 11 is 4.22. The van der Waals surface area contributed by atoms with Gasteiger partial charge in [-0.2, -0.15) is 12.6 Å². The zero-order chi connectivity index (χ0) is 11.9. The number of hydrogen-bond donors (Lipinski definition) is 2. The molecule has 1 nitrogen and oxygen atoms in total. The third-order valence-electron chi connectivity index (χ3n) is 3.06. The minimum atomic E-state index is 0. The molecule has 2 N–H and O–H groups in total. The Labute approximate surface area is 120 Å². The second-order valence-electron chi connectivity index (χ2n) is 4.77. The molecule has 0 aliphatic heterocycles. The summed E-state index contributed by atoms with van der Waals surface area (Å²) in [5.41, 5.74) is 0. The Morgan fingerprint density at radius 2 is 1.18 bits per heavy atom. The monoisotopic (exact) mass is 281 g/mol. The first-order valence-electron chi connectivity index (χ1n) is 7.34. The first-order chi connectivity index (χ1) is 7.91. The van der Waals surface area contributed by atoms with Crippen LogP contribution in [0, 0.1) is 0 Å². The Morgan fingerprint density at radius 1 is 0.706 bits per heavy atom. The van der Waals surface area contributed by atoms with E-state index in [-0.39, 0.29) is 12.4 Å². The van der Waals surface area contributed by atoms with Gasteiger partial charge >= 0.3 is 0 Å². The van der Waals surface area contributed by atoms with Gasteiger partial charge in [0.15, 0.2) is 0 Å². The molecule has 0 saturated heterocycles. The van der Waals surface area contributed by atoms with E-state index in [1.54, 1.807) is 0 Å². The van der Waals surface area contributed by atoms with Crippen molar-refractivity contribution in [2.45, 2.75) is 71.1 Å². The van der Waals surface area contributed by atoms with Crippen LogP contribution in [0.25, 0.3) is 0 Å². The summed E-state index contributed by atoms with van der Waals surface area (Å²) < 4.78 is 0. The molecule has 17 heavy (non-hydrogen) atoms. The van der Waals surface area contributed by atoms with Crippen molar-refractivity contribution in [3.8, 4) is 0 Å². The number of quaternary nitrogens is 1. The SMILES string of the molecule is CCC[NH2+]CCCCCCCCCCCS.[Cl-]. The van der Waals surface area contributed by atoms with E-state index in [0.29, 0.717) is 0 Å². The van der Waals surface area contributed by atoms with E-state index in [0.717, 1.165) is 5.75 Å². The van der Waals surface area contributed by atoms with Crippen molar-refractivity contribution in [2.24, 2.45) is 0 Å². The molecular formula is C14H32ClNS. The van der Waals surface area contributed by atoms with Gasteiger partial charge in [0.05, 0.1) is 13.1 Å². The second-order valence-corrected chi connectivity index (χ2v) is 5.22. The van der Waals surface area contributed by atoms with Crippen LogP contribution < -0.4 is 17.7 Å². The first kappa shape index (κ1) is 19.9. The van der Waals surface area contributed by atoms with Crippen LogP contribution in [0.1, 0.15) is 71.1 Å². The highest BCUT2D eigenvalue weighted by Crippen LogP contribution is 2.09. The van der Waals surface area contributed by atoms with Crippen LogP contribution in [0.2, 0.25) is 0 Å². The Bertz CT molecular complexity index is 109. The Balaban J connectivity index is 0. The van der Waals surface area contributed by atoms with E-state index in [9.17, 15) is 0 Å². The lowest BCUT2D eigenvalue weighted by Crippen LogP contribution is -3.00. The molecule has 0 fully saturated rings. The average Bonchev–Trinajstić information content (AvgIpc) is 2.31. The molecule has 0 bridgehead atoms. The number of unbranched alkanes of at least 4 members (excludes halogenated alkanes) is 8. The van der Waals surface area contributed by atoms with Crippen LogP contribution in [-0.4, -0.2) is 18.8 Å². The van der Waals surface area contributed by atoms with Gasteiger partial charge in [-0.25, -0.2) is 0 Å². The fourth-order valence-electron chi connectivity index (χ4n) is 1.99. The van der Waals surface area contributed by atoms with Crippen molar-refractivity contribution >= 4 is 12.6 Å². The lowest BCUT2D eigenvalue weighted by atomic mass is 10.1.